The van der Waals surface area contributed by atoms with Crippen molar-refractivity contribution in [1.82, 2.24) is 9.88 Å². The Kier molecular flexibility index (Phi) is 4.53. The number of ether oxygens (including phenoxy) is 2. The van der Waals surface area contributed by atoms with Gasteiger partial charge in [-0.2, -0.15) is 0 Å². The molecule has 1 fully saturated rings. The summed E-state index contributed by atoms with van der Waals surface area (Å²) in [5.74, 6) is 0.390. The normalized spacial score (nSPS) is 15.7. The van der Waals surface area contributed by atoms with Crippen molar-refractivity contribution >= 4 is 6.09 Å². The summed E-state index contributed by atoms with van der Waals surface area (Å²) in [5, 5.41) is 0. The summed E-state index contributed by atoms with van der Waals surface area (Å²) < 4.78 is 35.7. The summed E-state index contributed by atoms with van der Waals surface area (Å²) >= 11 is 0. The van der Waals surface area contributed by atoms with Crippen molar-refractivity contribution in [1.29, 1.82) is 0 Å². The Morgan fingerprint density at radius 1 is 1.41 bits per heavy atom. The number of methoxy groups -OCH3 is 1. The molecule has 1 aliphatic heterocycles. The maximum Gasteiger partial charge on any atom is 0.410 e. The van der Waals surface area contributed by atoms with Gasteiger partial charge in [-0.1, -0.05) is 0 Å². The summed E-state index contributed by atoms with van der Waals surface area (Å²) in [4.78, 5) is 17.2. The van der Waals surface area contributed by atoms with Crippen LogP contribution in [-0.4, -0.2) is 41.8 Å². The molecule has 1 aromatic heterocycles. The van der Waals surface area contributed by atoms with Gasteiger partial charge in [0, 0.05) is 36.8 Å². The van der Waals surface area contributed by atoms with Crippen LogP contribution >= 0.6 is 0 Å². The third kappa shape index (κ3) is 3.64. The van der Waals surface area contributed by atoms with Gasteiger partial charge in [0.1, 0.15) is 17.0 Å². The number of hydrogen-bond acceptors (Lipinski definition) is 4. The molecule has 22 heavy (non-hydrogen) atoms. The Morgan fingerprint density at radius 3 is 2.55 bits per heavy atom. The number of halogens is 2. The van der Waals surface area contributed by atoms with Crippen LogP contribution in [0.2, 0.25) is 0 Å². The van der Waals surface area contributed by atoms with Gasteiger partial charge in [0.25, 0.3) is 6.43 Å². The number of nitrogens with zero attached hydrogens (tertiary/aromatic N) is 2. The lowest BCUT2D eigenvalue weighted by Crippen LogP contribution is -2.50. The van der Waals surface area contributed by atoms with Gasteiger partial charge in [-0.3, -0.25) is 4.98 Å². The third-order valence-corrected chi connectivity index (χ3v) is 3.33. The van der Waals surface area contributed by atoms with E-state index in [4.69, 9.17) is 9.47 Å². The maximum atomic E-state index is 12.7. The molecule has 0 aliphatic carbocycles. The Morgan fingerprint density at radius 2 is 2.05 bits per heavy atom. The van der Waals surface area contributed by atoms with E-state index < -0.39 is 12.0 Å². The molecule has 0 atom stereocenters. The molecule has 0 N–H and O–H groups in total. The lowest BCUT2D eigenvalue weighted by atomic mass is 9.92. The Bertz CT molecular complexity index is 552. The standard InChI is InChI=1S/C15H20F2N2O3/c1-15(2,3)22-14(20)19-7-9(8-19)10-6-18-11(13(16)17)5-12(10)21-4/h5-6,9,13H,7-8H2,1-4H3. The first-order chi connectivity index (χ1) is 10.2. The smallest absolute Gasteiger partial charge is 0.410 e. The highest BCUT2D eigenvalue weighted by Crippen LogP contribution is 2.35. The van der Waals surface area contributed by atoms with Crippen molar-refractivity contribution in [3.8, 4) is 5.75 Å². The first-order valence-corrected chi connectivity index (χ1v) is 7.01. The van der Waals surface area contributed by atoms with Crippen LogP contribution in [0.25, 0.3) is 0 Å². The number of carbonyl (C=O) groups excluding carboxylic acids is 1. The third-order valence-electron chi connectivity index (χ3n) is 3.33. The lowest BCUT2D eigenvalue weighted by molar-refractivity contribution is 0.00797. The van der Waals surface area contributed by atoms with E-state index in [1.54, 1.807) is 25.7 Å². The Balaban J connectivity index is 2.02. The minimum absolute atomic E-state index is 0.0155. The minimum atomic E-state index is -2.64. The zero-order chi connectivity index (χ0) is 16.5. The van der Waals surface area contributed by atoms with Crippen LogP contribution in [0.1, 0.15) is 44.4 Å². The molecule has 2 rings (SSSR count). The first-order valence-electron chi connectivity index (χ1n) is 7.01. The predicted octanol–water partition coefficient (Wildman–Crippen LogP) is 3.36. The molecule has 0 radical (unpaired) electrons. The topological polar surface area (TPSA) is 51.7 Å². The number of alkyl halides is 2. The molecule has 1 saturated heterocycles. The van der Waals surface area contributed by atoms with E-state index in [0.717, 1.165) is 5.56 Å². The number of aromatic nitrogens is 1. The zero-order valence-electron chi connectivity index (χ0n) is 13.1. The molecule has 1 amide bonds. The molecule has 0 saturated carbocycles. The van der Waals surface area contributed by atoms with Crippen LogP contribution in [0.5, 0.6) is 5.75 Å². The SMILES string of the molecule is COc1cc(C(F)F)ncc1C1CN(C(=O)OC(C)(C)C)C1. The maximum absolute atomic E-state index is 12.7. The van der Waals surface area contributed by atoms with Crippen molar-refractivity contribution in [2.24, 2.45) is 0 Å². The summed E-state index contributed by atoms with van der Waals surface area (Å²) in [6.07, 6.45) is -1.61. The number of likely N-dealkylation sites (tertiary alicyclic amines) is 1. The molecule has 2 heterocycles. The van der Waals surface area contributed by atoms with Gasteiger partial charge in [0.15, 0.2) is 0 Å². The number of amides is 1. The monoisotopic (exact) mass is 314 g/mol. The predicted molar refractivity (Wildman–Crippen MR) is 76.3 cm³/mol. The largest absolute Gasteiger partial charge is 0.496 e. The average molecular weight is 314 g/mol. The van der Waals surface area contributed by atoms with E-state index in [0.29, 0.717) is 18.8 Å². The molecule has 0 bridgehead atoms. The summed E-state index contributed by atoms with van der Waals surface area (Å²) in [5.41, 5.74) is -0.129. The number of pyridine rings is 1. The molecular formula is C15H20F2N2O3. The van der Waals surface area contributed by atoms with Gasteiger partial charge in [-0.15, -0.1) is 0 Å². The fraction of sp³-hybridized carbons (Fsp3) is 0.600. The van der Waals surface area contributed by atoms with E-state index in [2.05, 4.69) is 4.98 Å². The minimum Gasteiger partial charge on any atom is -0.496 e. The molecule has 0 unspecified atom stereocenters. The summed E-state index contributed by atoms with van der Waals surface area (Å²) in [6.45, 7) is 6.33. The molecule has 0 aromatic carbocycles. The van der Waals surface area contributed by atoms with Gasteiger partial charge in [-0.05, 0) is 20.8 Å². The molecule has 1 aromatic rings. The van der Waals surface area contributed by atoms with E-state index in [1.807, 2.05) is 0 Å². The van der Waals surface area contributed by atoms with Crippen molar-refractivity contribution in [2.75, 3.05) is 20.2 Å². The molecule has 7 heteroatoms. The number of rotatable bonds is 3. The molecule has 0 spiro atoms. The van der Waals surface area contributed by atoms with Crippen LogP contribution in [0.4, 0.5) is 13.6 Å². The van der Waals surface area contributed by atoms with E-state index in [1.165, 1.54) is 19.4 Å². The highest BCUT2D eigenvalue weighted by atomic mass is 19.3. The highest BCUT2D eigenvalue weighted by molar-refractivity contribution is 5.69. The fourth-order valence-electron chi connectivity index (χ4n) is 2.22. The van der Waals surface area contributed by atoms with Crippen molar-refractivity contribution in [2.45, 2.75) is 38.7 Å². The fourth-order valence-corrected chi connectivity index (χ4v) is 2.22. The Hall–Kier alpha value is -1.92. The van der Waals surface area contributed by atoms with Crippen LogP contribution in [0.15, 0.2) is 12.3 Å². The van der Waals surface area contributed by atoms with Crippen LogP contribution in [0, 0.1) is 0 Å². The first kappa shape index (κ1) is 16.5. The second-order valence-electron chi connectivity index (χ2n) is 6.23. The molecule has 1 aliphatic rings. The molecule has 122 valence electrons. The molecule has 5 nitrogen and oxygen atoms in total. The molecular weight excluding hydrogens is 294 g/mol. The van der Waals surface area contributed by atoms with Crippen molar-refractivity contribution < 1.29 is 23.0 Å². The number of carbonyl (C=O) groups is 1. The van der Waals surface area contributed by atoms with Gasteiger partial charge in [0.05, 0.1) is 7.11 Å². The zero-order valence-corrected chi connectivity index (χ0v) is 13.1. The van der Waals surface area contributed by atoms with E-state index in [-0.39, 0.29) is 17.7 Å². The average Bonchev–Trinajstić information content (AvgIpc) is 2.34. The quantitative estimate of drug-likeness (QED) is 0.858. The van der Waals surface area contributed by atoms with Gasteiger partial charge < -0.3 is 14.4 Å². The second-order valence-corrected chi connectivity index (χ2v) is 6.23. The highest BCUT2D eigenvalue weighted by Gasteiger charge is 2.36. The van der Waals surface area contributed by atoms with Gasteiger partial charge in [-0.25, -0.2) is 13.6 Å². The number of hydrogen-bond donors (Lipinski definition) is 0. The lowest BCUT2D eigenvalue weighted by Gasteiger charge is -2.40. The van der Waals surface area contributed by atoms with Gasteiger partial charge in [0.2, 0.25) is 0 Å². The Labute approximate surface area is 128 Å². The van der Waals surface area contributed by atoms with Crippen molar-refractivity contribution in [3.63, 3.8) is 0 Å². The van der Waals surface area contributed by atoms with Gasteiger partial charge >= 0.3 is 6.09 Å². The van der Waals surface area contributed by atoms with Crippen LogP contribution < -0.4 is 4.74 Å². The second kappa shape index (κ2) is 6.06. The van der Waals surface area contributed by atoms with E-state index in [9.17, 15) is 13.6 Å². The van der Waals surface area contributed by atoms with E-state index >= 15 is 0 Å². The summed E-state index contributed by atoms with van der Waals surface area (Å²) in [7, 11) is 1.43. The van der Waals surface area contributed by atoms with Crippen molar-refractivity contribution in [3.05, 3.63) is 23.5 Å². The van der Waals surface area contributed by atoms with Crippen LogP contribution in [0.3, 0.4) is 0 Å². The van der Waals surface area contributed by atoms with Crippen LogP contribution in [-0.2, 0) is 4.74 Å². The summed E-state index contributed by atoms with van der Waals surface area (Å²) in [6, 6.07) is 1.25.